The van der Waals surface area contributed by atoms with Gasteiger partial charge in [-0.05, 0) is 25.2 Å². The summed E-state index contributed by atoms with van der Waals surface area (Å²) in [6.45, 7) is 13.2. The Labute approximate surface area is 100 Å². The van der Waals surface area contributed by atoms with E-state index >= 15 is 0 Å². The van der Waals surface area contributed by atoms with Crippen LogP contribution >= 0.6 is 0 Å². The topological polar surface area (TPSA) is 27.6 Å². The summed E-state index contributed by atoms with van der Waals surface area (Å²) in [5.74, 6) is 1.11. The summed E-state index contributed by atoms with van der Waals surface area (Å²) in [5, 5.41) is 3.40. The molecule has 0 aromatic heterocycles. The number of nitrogens with zero attached hydrogens (tertiary/aromatic N) is 2. The Balaban J connectivity index is 2.53. The van der Waals surface area contributed by atoms with Gasteiger partial charge < -0.3 is 10.2 Å². The number of rotatable bonds is 4. The van der Waals surface area contributed by atoms with Gasteiger partial charge in [0, 0.05) is 26.2 Å². The third-order valence-corrected chi connectivity index (χ3v) is 3.09. The molecule has 3 heteroatoms. The van der Waals surface area contributed by atoms with Crippen LogP contribution < -0.4 is 5.32 Å². The highest BCUT2D eigenvalue weighted by molar-refractivity contribution is 5.80. The van der Waals surface area contributed by atoms with E-state index in [9.17, 15) is 0 Å². The SMILES string of the molecule is CCCCN=C(NCC)N1CCC(C)(C)C1. The summed E-state index contributed by atoms with van der Waals surface area (Å²) in [4.78, 5) is 7.08. The highest BCUT2D eigenvalue weighted by Gasteiger charge is 2.30. The van der Waals surface area contributed by atoms with E-state index < -0.39 is 0 Å². The van der Waals surface area contributed by atoms with E-state index in [4.69, 9.17) is 0 Å². The fourth-order valence-electron chi connectivity index (χ4n) is 2.06. The first-order valence-corrected chi connectivity index (χ1v) is 6.62. The fraction of sp³-hybridized carbons (Fsp3) is 0.923. The molecular weight excluding hydrogens is 198 g/mol. The third-order valence-electron chi connectivity index (χ3n) is 3.09. The molecule has 1 aliphatic heterocycles. The number of aliphatic imine (C=N–C) groups is 1. The first-order chi connectivity index (χ1) is 7.59. The molecule has 0 saturated carbocycles. The van der Waals surface area contributed by atoms with Gasteiger partial charge in [-0.2, -0.15) is 0 Å². The number of unbranched alkanes of at least 4 members (excludes halogenated alkanes) is 1. The maximum absolute atomic E-state index is 4.68. The van der Waals surface area contributed by atoms with Crippen LogP contribution in [-0.4, -0.2) is 37.0 Å². The minimum absolute atomic E-state index is 0.445. The van der Waals surface area contributed by atoms with Gasteiger partial charge in [0.15, 0.2) is 5.96 Å². The fourth-order valence-corrected chi connectivity index (χ4v) is 2.06. The van der Waals surface area contributed by atoms with Crippen LogP contribution in [0.3, 0.4) is 0 Å². The van der Waals surface area contributed by atoms with Crippen LogP contribution in [0.5, 0.6) is 0 Å². The minimum atomic E-state index is 0.445. The van der Waals surface area contributed by atoms with Gasteiger partial charge in [0.1, 0.15) is 0 Å². The Morgan fingerprint density at radius 2 is 2.12 bits per heavy atom. The lowest BCUT2D eigenvalue weighted by Gasteiger charge is -2.23. The van der Waals surface area contributed by atoms with Gasteiger partial charge in [-0.1, -0.05) is 27.2 Å². The van der Waals surface area contributed by atoms with Crippen molar-refractivity contribution in [1.29, 1.82) is 0 Å². The molecule has 0 aliphatic carbocycles. The van der Waals surface area contributed by atoms with E-state index in [-0.39, 0.29) is 0 Å². The Kier molecular flexibility index (Phi) is 5.10. The quantitative estimate of drug-likeness (QED) is 0.452. The van der Waals surface area contributed by atoms with Gasteiger partial charge in [0.2, 0.25) is 0 Å². The largest absolute Gasteiger partial charge is 0.357 e. The molecule has 0 atom stereocenters. The highest BCUT2D eigenvalue weighted by Crippen LogP contribution is 2.28. The number of hydrogen-bond acceptors (Lipinski definition) is 1. The number of nitrogens with one attached hydrogen (secondary N) is 1. The average molecular weight is 225 g/mol. The molecule has 0 amide bonds. The van der Waals surface area contributed by atoms with Crippen LogP contribution in [0.25, 0.3) is 0 Å². The first-order valence-electron chi connectivity index (χ1n) is 6.62. The molecule has 3 nitrogen and oxygen atoms in total. The molecule has 0 unspecified atom stereocenters. The van der Waals surface area contributed by atoms with E-state index in [1.165, 1.54) is 19.3 Å². The molecule has 1 heterocycles. The van der Waals surface area contributed by atoms with Crippen molar-refractivity contribution in [2.24, 2.45) is 10.4 Å². The molecule has 0 bridgehead atoms. The maximum Gasteiger partial charge on any atom is 0.193 e. The van der Waals surface area contributed by atoms with Crippen LogP contribution in [0.4, 0.5) is 0 Å². The van der Waals surface area contributed by atoms with Crippen LogP contribution in [0, 0.1) is 5.41 Å². The molecule has 1 rings (SSSR count). The Hall–Kier alpha value is -0.730. The smallest absolute Gasteiger partial charge is 0.193 e. The molecule has 1 saturated heterocycles. The summed E-state index contributed by atoms with van der Waals surface area (Å²) in [5.41, 5.74) is 0.445. The van der Waals surface area contributed by atoms with Gasteiger partial charge in [0.05, 0.1) is 0 Å². The molecule has 1 fully saturated rings. The predicted octanol–water partition coefficient (Wildman–Crippen LogP) is 2.48. The van der Waals surface area contributed by atoms with E-state index in [1.807, 2.05) is 0 Å². The lowest BCUT2D eigenvalue weighted by atomic mass is 9.93. The van der Waals surface area contributed by atoms with E-state index in [0.29, 0.717) is 5.41 Å². The summed E-state index contributed by atoms with van der Waals surface area (Å²) < 4.78 is 0. The predicted molar refractivity (Wildman–Crippen MR) is 70.9 cm³/mol. The lowest BCUT2D eigenvalue weighted by Crippen LogP contribution is -2.40. The number of hydrogen-bond donors (Lipinski definition) is 1. The van der Waals surface area contributed by atoms with E-state index in [2.05, 4.69) is 42.9 Å². The van der Waals surface area contributed by atoms with E-state index in [1.54, 1.807) is 0 Å². The van der Waals surface area contributed by atoms with Gasteiger partial charge in [0.25, 0.3) is 0 Å². The van der Waals surface area contributed by atoms with Crippen LogP contribution in [-0.2, 0) is 0 Å². The maximum atomic E-state index is 4.68. The molecular formula is C13H27N3. The molecule has 1 aliphatic rings. The van der Waals surface area contributed by atoms with Crippen molar-refractivity contribution in [3.8, 4) is 0 Å². The van der Waals surface area contributed by atoms with Crippen molar-refractivity contribution in [2.75, 3.05) is 26.2 Å². The second-order valence-electron chi connectivity index (χ2n) is 5.42. The zero-order chi connectivity index (χ0) is 12.0. The highest BCUT2D eigenvalue weighted by atomic mass is 15.3. The Bertz CT molecular complexity index is 233. The molecule has 0 aromatic rings. The third kappa shape index (κ3) is 4.03. The van der Waals surface area contributed by atoms with Crippen molar-refractivity contribution < 1.29 is 0 Å². The molecule has 0 radical (unpaired) electrons. The molecule has 94 valence electrons. The van der Waals surface area contributed by atoms with Gasteiger partial charge in [-0.25, -0.2) is 0 Å². The zero-order valence-electron chi connectivity index (χ0n) is 11.3. The lowest BCUT2D eigenvalue weighted by molar-refractivity contribution is 0.370. The van der Waals surface area contributed by atoms with Crippen molar-refractivity contribution in [1.82, 2.24) is 10.2 Å². The Morgan fingerprint density at radius 1 is 1.38 bits per heavy atom. The monoisotopic (exact) mass is 225 g/mol. The van der Waals surface area contributed by atoms with Crippen molar-refractivity contribution in [3.63, 3.8) is 0 Å². The van der Waals surface area contributed by atoms with Gasteiger partial charge in [-0.3, -0.25) is 4.99 Å². The van der Waals surface area contributed by atoms with Gasteiger partial charge >= 0.3 is 0 Å². The van der Waals surface area contributed by atoms with Crippen molar-refractivity contribution >= 4 is 5.96 Å². The summed E-state index contributed by atoms with van der Waals surface area (Å²) in [6, 6.07) is 0. The van der Waals surface area contributed by atoms with Crippen LogP contribution in [0.1, 0.15) is 47.0 Å². The summed E-state index contributed by atoms with van der Waals surface area (Å²) in [7, 11) is 0. The molecule has 16 heavy (non-hydrogen) atoms. The zero-order valence-corrected chi connectivity index (χ0v) is 11.3. The standard InChI is InChI=1S/C13H27N3/c1-5-7-9-15-12(14-6-2)16-10-8-13(3,4)11-16/h5-11H2,1-4H3,(H,14,15). The first kappa shape index (κ1) is 13.3. The van der Waals surface area contributed by atoms with Crippen molar-refractivity contribution in [3.05, 3.63) is 0 Å². The second kappa shape index (κ2) is 6.12. The average Bonchev–Trinajstić information content (AvgIpc) is 2.58. The van der Waals surface area contributed by atoms with E-state index in [0.717, 1.165) is 32.1 Å². The second-order valence-corrected chi connectivity index (χ2v) is 5.42. The van der Waals surface area contributed by atoms with Gasteiger partial charge in [-0.15, -0.1) is 0 Å². The van der Waals surface area contributed by atoms with Crippen molar-refractivity contribution in [2.45, 2.75) is 47.0 Å². The van der Waals surface area contributed by atoms with Crippen LogP contribution in [0.2, 0.25) is 0 Å². The summed E-state index contributed by atoms with van der Waals surface area (Å²) in [6.07, 6.45) is 3.67. The van der Waals surface area contributed by atoms with Crippen LogP contribution in [0.15, 0.2) is 4.99 Å². The molecule has 0 spiro atoms. The molecule has 0 aromatic carbocycles. The Morgan fingerprint density at radius 3 is 2.62 bits per heavy atom. The normalized spacial score (nSPS) is 20.2. The molecule has 1 N–H and O–H groups in total. The number of likely N-dealkylation sites (tertiary alicyclic amines) is 1. The minimum Gasteiger partial charge on any atom is -0.357 e. The number of guanidine groups is 1. The summed E-state index contributed by atoms with van der Waals surface area (Å²) >= 11 is 0.